The molecule has 0 radical (unpaired) electrons. The molecule has 0 heterocycles. The molecule has 0 saturated carbocycles. The number of nitrogen functional groups attached to an aromatic ring is 1. The first kappa shape index (κ1) is 14.6. The highest BCUT2D eigenvalue weighted by Gasteiger charge is 2.16. The zero-order valence-electron chi connectivity index (χ0n) is 10.9. The minimum Gasteiger partial charge on any atom is -0.495 e. The minimum atomic E-state index is -0.885. The van der Waals surface area contributed by atoms with Crippen molar-refractivity contribution in [3.8, 4) is 5.75 Å². The molecule has 0 aliphatic heterocycles. The van der Waals surface area contributed by atoms with Crippen LogP contribution in [0.25, 0.3) is 0 Å². The molecule has 106 valence electrons. The van der Waals surface area contributed by atoms with E-state index in [2.05, 4.69) is 0 Å². The Hall–Kier alpha value is -1.78. The third-order valence-electron chi connectivity index (χ3n) is 3.10. The quantitative estimate of drug-likeness (QED) is 0.851. The van der Waals surface area contributed by atoms with E-state index in [-0.39, 0.29) is 6.42 Å². The highest BCUT2D eigenvalue weighted by molar-refractivity contribution is 6.31. The van der Waals surface area contributed by atoms with Crippen LogP contribution in [0.2, 0.25) is 5.02 Å². The lowest BCUT2D eigenvalue weighted by atomic mass is 9.99. The summed E-state index contributed by atoms with van der Waals surface area (Å²) in [6.45, 7) is 0. The molecule has 5 heteroatoms. The second-order valence-corrected chi connectivity index (χ2v) is 4.83. The van der Waals surface area contributed by atoms with Crippen molar-refractivity contribution >= 4 is 17.3 Å². The summed E-state index contributed by atoms with van der Waals surface area (Å²) in [4.78, 5) is 0. The molecule has 20 heavy (non-hydrogen) atoms. The molecule has 0 aliphatic rings. The number of nitrogens with two attached hydrogens (primary N) is 1. The van der Waals surface area contributed by atoms with E-state index in [1.54, 1.807) is 18.2 Å². The second kappa shape index (κ2) is 6.11. The number of rotatable bonds is 4. The van der Waals surface area contributed by atoms with E-state index in [1.165, 1.54) is 25.3 Å². The largest absolute Gasteiger partial charge is 0.495 e. The number of hydrogen-bond donors (Lipinski definition) is 2. The Labute approximate surface area is 121 Å². The van der Waals surface area contributed by atoms with Crippen LogP contribution in [0.4, 0.5) is 10.1 Å². The molecule has 0 spiro atoms. The van der Waals surface area contributed by atoms with Crippen molar-refractivity contribution in [1.82, 2.24) is 0 Å². The van der Waals surface area contributed by atoms with Crippen molar-refractivity contribution in [3.63, 3.8) is 0 Å². The number of aliphatic hydroxyl groups excluding tert-OH is 1. The molecule has 2 rings (SSSR count). The van der Waals surface area contributed by atoms with Gasteiger partial charge in [0.15, 0.2) is 0 Å². The van der Waals surface area contributed by atoms with Gasteiger partial charge in [0, 0.05) is 17.0 Å². The third-order valence-corrected chi connectivity index (χ3v) is 3.47. The van der Waals surface area contributed by atoms with Crippen molar-refractivity contribution in [2.75, 3.05) is 12.8 Å². The number of aliphatic hydroxyl groups is 1. The molecule has 1 atom stereocenters. The number of anilines is 1. The summed E-state index contributed by atoms with van der Waals surface area (Å²) in [7, 11) is 1.51. The minimum absolute atomic E-state index is 0.175. The molecule has 3 nitrogen and oxygen atoms in total. The Balaban J connectivity index is 2.28. The summed E-state index contributed by atoms with van der Waals surface area (Å²) in [5.74, 6) is 0.0992. The van der Waals surface area contributed by atoms with E-state index >= 15 is 0 Å². The first-order chi connectivity index (χ1) is 9.52. The molecule has 2 aromatic carbocycles. The van der Waals surface area contributed by atoms with Crippen molar-refractivity contribution in [3.05, 3.63) is 58.4 Å². The van der Waals surface area contributed by atoms with E-state index in [1.807, 2.05) is 0 Å². The normalized spacial score (nSPS) is 12.2. The Morgan fingerprint density at radius 3 is 2.80 bits per heavy atom. The molecule has 0 saturated heterocycles. The molecule has 2 aromatic rings. The maximum atomic E-state index is 13.2. The van der Waals surface area contributed by atoms with E-state index < -0.39 is 11.9 Å². The molecule has 0 amide bonds. The van der Waals surface area contributed by atoms with Gasteiger partial charge in [-0.1, -0.05) is 23.7 Å². The molecule has 3 N–H and O–H groups in total. The van der Waals surface area contributed by atoms with E-state index in [0.717, 1.165) is 0 Å². The predicted molar refractivity (Wildman–Crippen MR) is 77.5 cm³/mol. The lowest BCUT2D eigenvalue weighted by molar-refractivity contribution is 0.179. The maximum absolute atomic E-state index is 13.2. The van der Waals surface area contributed by atoms with Gasteiger partial charge in [0.1, 0.15) is 11.6 Å². The van der Waals surface area contributed by atoms with Crippen LogP contribution in [-0.4, -0.2) is 12.2 Å². The van der Waals surface area contributed by atoms with Crippen LogP contribution < -0.4 is 10.5 Å². The zero-order chi connectivity index (χ0) is 14.7. The van der Waals surface area contributed by atoms with E-state index in [4.69, 9.17) is 22.1 Å². The van der Waals surface area contributed by atoms with Crippen LogP contribution in [0.5, 0.6) is 5.75 Å². The fraction of sp³-hybridized carbons (Fsp3) is 0.200. The second-order valence-electron chi connectivity index (χ2n) is 4.42. The van der Waals surface area contributed by atoms with Crippen molar-refractivity contribution < 1.29 is 14.2 Å². The standard InChI is InChI=1S/C15H15ClFNO2/c1-20-14-4-2-3-11(15(14)18)13(19)8-9-7-10(17)5-6-12(9)16/h2-7,13,19H,8,18H2,1H3. The molecular weight excluding hydrogens is 281 g/mol. The first-order valence-electron chi connectivity index (χ1n) is 6.07. The zero-order valence-corrected chi connectivity index (χ0v) is 11.7. The Morgan fingerprint density at radius 2 is 2.10 bits per heavy atom. The summed E-state index contributed by atoms with van der Waals surface area (Å²) in [6.07, 6.45) is -0.710. The van der Waals surface area contributed by atoms with Gasteiger partial charge in [-0.15, -0.1) is 0 Å². The maximum Gasteiger partial charge on any atom is 0.142 e. The Kier molecular flexibility index (Phi) is 4.47. The monoisotopic (exact) mass is 295 g/mol. The van der Waals surface area contributed by atoms with Gasteiger partial charge in [0.2, 0.25) is 0 Å². The van der Waals surface area contributed by atoms with Gasteiger partial charge in [0.25, 0.3) is 0 Å². The molecular formula is C15H15ClFNO2. The van der Waals surface area contributed by atoms with Crippen LogP contribution in [0, 0.1) is 5.82 Å². The Bertz CT molecular complexity index is 619. The summed E-state index contributed by atoms with van der Waals surface area (Å²) in [6, 6.07) is 9.20. The van der Waals surface area contributed by atoms with Gasteiger partial charge in [-0.05, 0) is 29.8 Å². The summed E-state index contributed by atoms with van der Waals surface area (Å²) >= 11 is 5.99. The van der Waals surface area contributed by atoms with E-state index in [9.17, 15) is 9.50 Å². The topological polar surface area (TPSA) is 55.5 Å². The van der Waals surface area contributed by atoms with E-state index in [0.29, 0.717) is 27.6 Å². The third kappa shape index (κ3) is 3.03. The van der Waals surface area contributed by atoms with Crippen LogP contribution in [-0.2, 0) is 6.42 Å². The number of ether oxygens (including phenoxy) is 1. The molecule has 0 aromatic heterocycles. The van der Waals surface area contributed by atoms with Crippen LogP contribution in [0.1, 0.15) is 17.2 Å². The summed E-state index contributed by atoms with van der Waals surface area (Å²) in [5, 5.41) is 10.7. The van der Waals surface area contributed by atoms with Gasteiger partial charge >= 0.3 is 0 Å². The van der Waals surface area contributed by atoms with Crippen LogP contribution >= 0.6 is 11.6 Å². The Morgan fingerprint density at radius 1 is 1.35 bits per heavy atom. The fourth-order valence-electron chi connectivity index (χ4n) is 2.05. The predicted octanol–water partition coefficient (Wildman–Crippen LogP) is 3.35. The highest BCUT2D eigenvalue weighted by Crippen LogP contribution is 2.32. The fourth-order valence-corrected chi connectivity index (χ4v) is 2.24. The van der Waals surface area contributed by atoms with Gasteiger partial charge in [-0.25, -0.2) is 4.39 Å². The first-order valence-corrected chi connectivity index (χ1v) is 6.45. The van der Waals surface area contributed by atoms with Crippen molar-refractivity contribution in [2.45, 2.75) is 12.5 Å². The number of halogens is 2. The molecule has 0 fully saturated rings. The molecule has 0 aliphatic carbocycles. The van der Waals surface area contributed by atoms with Crippen molar-refractivity contribution in [1.29, 1.82) is 0 Å². The van der Waals surface area contributed by atoms with Gasteiger partial charge in [0.05, 0.1) is 18.9 Å². The average Bonchev–Trinajstić information content (AvgIpc) is 2.43. The van der Waals surface area contributed by atoms with Gasteiger partial charge in [-0.3, -0.25) is 0 Å². The molecule has 0 bridgehead atoms. The van der Waals surface area contributed by atoms with Gasteiger partial charge in [-0.2, -0.15) is 0 Å². The van der Waals surface area contributed by atoms with Crippen molar-refractivity contribution in [2.24, 2.45) is 0 Å². The number of para-hydroxylation sites is 1. The summed E-state index contributed by atoms with van der Waals surface area (Å²) < 4.78 is 18.3. The average molecular weight is 296 g/mol. The summed E-state index contributed by atoms with van der Waals surface area (Å²) in [5.41, 5.74) is 7.36. The lowest BCUT2D eigenvalue weighted by Gasteiger charge is -2.16. The molecule has 1 unspecified atom stereocenters. The SMILES string of the molecule is COc1cccc(C(O)Cc2cc(F)ccc2Cl)c1N. The number of methoxy groups -OCH3 is 1. The number of benzene rings is 2. The van der Waals surface area contributed by atoms with Crippen LogP contribution in [0.3, 0.4) is 0 Å². The lowest BCUT2D eigenvalue weighted by Crippen LogP contribution is -2.07. The van der Waals surface area contributed by atoms with Crippen LogP contribution in [0.15, 0.2) is 36.4 Å². The smallest absolute Gasteiger partial charge is 0.142 e. The highest BCUT2D eigenvalue weighted by atomic mass is 35.5. The van der Waals surface area contributed by atoms with Gasteiger partial charge < -0.3 is 15.6 Å². The number of hydrogen-bond acceptors (Lipinski definition) is 3.